The first kappa shape index (κ1) is 19.5. The van der Waals surface area contributed by atoms with Crippen LogP contribution in [0.15, 0.2) is 42.5 Å². The van der Waals surface area contributed by atoms with Crippen molar-refractivity contribution in [2.75, 3.05) is 5.32 Å². The average molecular weight is 350 g/mol. The number of nitriles is 1. The zero-order chi connectivity index (χ0) is 19.2. The Kier molecular flexibility index (Phi) is 6.41. The zero-order valence-electron chi connectivity index (χ0n) is 15.7. The molecule has 0 aliphatic carbocycles. The molecular formula is C22H26N2O2. The number of hydrogen-bond acceptors (Lipinski definition) is 3. The fourth-order valence-corrected chi connectivity index (χ4v) is 3.08. The van der Waals surface area contributed by atoms with Crippen molar-refractivity contribution in [2.45, 2.75) is 52.0 Å². The Balaban J connectivity index is 2.46. The maximum Gasteiger partial charge on any atom is 0.333 e. The molecule has 2 N–H and O–H groups in total. The van der Waals surface area contributed by atoms with Gasteiger partial charge < -0.3 is 10.4 Å². The molecular weight excluding hydrogens is 324 g/mol. The highest BCUT2D eigenvalue weighted by Crippen LogP contribution is 2.29. The molecule has 2 aromatic rings. The van der Waals surface area contributed by atoms with Gasteiger partial charge in [-0.05, 0) is 60.7 Å². The van der Waals surface area contributed by atoms with Crippen molar-refractivity contribution in [3.05, 3.63) is 64.7 Å². The molecule has 0 radical (unpaired) electrons. The van der Waals surface area contributed by atoms with Gasteiger partial charge in [0.05, 0.1) is 11.6 Å². The maximum absolute atomic E-state index is 12.2. The molecule has 0 saturated carbocycles. The Morgan fingerprint density at radius 2 is 1.62 bits per heavy atom. The predicted octanol–water partition coefficient (Wildman–Crippen LogP) is 4.88. The average Bonchev–Trinajstić information content (AvgIpc) is 2.62. The SMILES string of the molecule is CCCc1cc(CCC)cc(C(C)(Nc2ccc(C#N)cc2)C(=O)O)c1. The van der Waals surface area contributed by atoms with Gasteiger partial charge in [0.15, 0.2) is 5.54 Å². The van der Waals surface area contributed by atoms with E-state index in [0.717, 1.165) is 31.2 Å². The van der Waals surface area contributed by atoms with Crippen LogP contribution in [-0.4, -0.2) is 11.1 Å². The monoisotopic (exact) mass is 350 g/mol. The summed E-state index contributed by atoms with van der Waals surface area (Å²) in [4.78, 5) is 12.2. The Bertz CT molecular complexity index is 782. The first-order valence-electron chi connectivity index (χ1n) is 9.08. The minimum absolute atomic E-state index is 0.544. The Morgan fingerprint density at radius 3 is 2.04 bits per heavy atom. The maximum atomic E-state index is 12.2. The highest BCUT2D eigenvalue weighted by Gasteiger charge is 2.35. The van der Waals surface area contributed by atoms with E-state index >= 15 is 0 Å². The van der Waals surface area contributed by atoms with Crippen LogP contribution in [0.25, 0.3) is 0 Å². The van der Waals surface area contributed by atoms with E-state index in [4.69, 9.17) is 5.26 Å². The van der Waals surface area contributed by atoms with E-state index in [1.165, 1.54) is 11.1 Å². The van der Waals surface area contributed by atoms with Crippen LogP contribution in [0.5, 0.6) is 0 Å². The van der Waals surface area contributed by atoms with Crippen molar-refractivity contribution < 1.29 is 9.90 Å². The summed E-state index contributed by atoms with van der Waals surface area (Å²) >= 11 is 0. The second-order valence-corrected chi connectivity index (χ2v) is 6.78. The fraction of sp³-hybridized carbons (Fsp3) is 0.364. The summed E-state index contributed by atoms with van der Waals surface area (Å²) in [6.07, 6.45) is 3.89. The molecule has 4 nitrogen and oxygen atoms in total. The molecule has 0 saturated heterocycles. The lowest BCUT2D eigenvalue weighted by Gasteiger charge is -2.29. The van der Waals surface area contributed by atoms with Gasteiger partial charge in [0, 0.05) is 5.69 Å². The van der Waals surface area contributed by atoms with Gasteiger partial charge in [0.1, 0.15) is 0 Å². The normalized spacial score (nSPS) is 12.8. The van der Waals surface area contributed by atoms with Crippen LogP contribution < -0.4 is 5.32 Å². The number of aliphatic carboxylic acids is 1. The van der Waals surface area contributed by atoms with Crippen LogP contribution in [-0.2, 0) is 23.2 Å². The minimum atomic E-state index is -1.25. The Hall–Kier alpha value is -2.80. The van der Waals surface area contributed by atoms with Gasteiger partial charge in [-0.25, -0.2) is 4.79 Å². The quantitative estimate of drug-likeness (QED) is 0.712. The van der Waals surface area contributed by atoms with Crippen LogP contribution in [0.4, 0.5) is 5.69 Å². The first-order valence-corrected chi connectivity index (χ1v) is 9.08. The third kappa shape index (κ3) is 4.43. The summed E-state index contributed by atoms with van der Waals surface area (Å²) in [7, 11) is 0. The molecule has 136 valence electrons. The Labute approximate surface area is 155 Å². The zero-order valence-corrected chi connectivity index (χ0v) is 15.7. The molecule has 1 atom stereocenters. The molecule has 0 aliphatic rings. The molecule has 2 rings (SSSR count). The number of hydrogen-bond donors (Lipinski definition) is 2. The van der Waals surface area contributed by atoms with Crippen LogP contribution in [0.1, 0.15) is 55.9 Å². The van der Waals surface area contributed by atoms with Gasteiger partial charge in [0.2, 0.25) is 0 Å². The first-order chi connectivity index (χ1) is 12.4. The number of rotatable bonds is 8. The predicted molar refractivity (Wildman–Crippen MR) is 104 cm³/mol. The van der Waals surface area contributed by atoms with Gasteiger partial charge in [-0.15, -0.1) is 0 Å². The number of carboxylic acids is 1. The lowest BCUT2D eigenvalue weighted by atomic mass is 9.87. The number of nitrogens with zero attached hydrogens (tertiary/aromatic N) is 1. The van der Waals surface area contributed by atoms with Crippen LogP contribution in [0, 0.1) is 11.3 Å². The van der Waals surface area contributed by atoms with Crippen LogP contribution >= 0.6 is 0 Å². The van der Waals surface area contributed by atoms with Crippen molar-refractivity contribution in [3.63, 3.8) is 0 Å². The summed E-state index contributed by atoms with van der Waals surface area (Å²) in [5.74, 6) is -0.932. The molecule has 0 aromatic heterocycles. The minimum Gasteiger partial charge on any atom is -0.479 e. The second kappa shape index (κ2) is 8.53. The lowest BCUT2D eigenvalue weighted by Crippen LogP contribution is -2.40. The van der Waals surface area contributed by atoms with E-state index < -0.39 is 11.5 Å². The summed E-state index contributed by atoms with van der Waals surface area (Å²) in [6, 6.07) is 15.1. The molecule has 0 amide bonds. The van der Waals surface area contributed by atoms with Crippen LogP contribution in [0.2, 0.25) is 0 Å². The van der Waals surface area contributed by atoms with Crippen molar-refractivity contribution in [1.29, 1.82) is 5.26 Å². The fourth-order valence-electron chi connectivity index (χ4n) is 3.08. The summed E-state index contributed by atoms with van der Waals surface area (Å²) < 4.78 is 0. The topological polar surface area (TPSA) is 73.1 Å². The summed E-state index contributed by atoms with van der Waals surface area (Å²) in [5, 5.41) is 22.1. The van der Waals surface area contributed by atoms with E-state index in [1.54, 1.807) is 31.2 Å². The van der Waals surface area contributed by atoms with E-state index in [9.17, 15) is 9.90 Å². The van der Waals surface area contributed by atoms with E-state index in [0.29, 0.717) is 11.3 Å². The highest BCUT2D eigenvalue weighted by atomic mass is 16.4. The van der Waals surface area contributed by atoms with E-state index in [2.05, 4.69) is 31.3 Å². The smallest absolute Gasteiger partial charge is 0.333 e. The standard InChI is InChI=1S/C22H26N2O2/c1-4-6-17-12-18(7-5-2)14-19(13-17)22(3,21(25)26)24-20-10-8-16(15-23)9-11-20/h8-14,24H,4-7H2,1-3H3,(H,25,26). The van der Waals surface area contributed by atoms with Gasteiger partial charge in [-0.2, -0.15) is 5.26 Å². The number of anilines is 1. The molecule has 0 fully saturated rings. The molecule has 0 spiro atoms. The number of carboxylic acid groups (broad SMARTS) is 1. The molecule has 26 heavy (non-hydrogen) atoms. The molecule has 1 unspecified atom stereocenters. The van der Waals surface area contributed by atoms with Crippen molar-refractivity contribution in [1.82, 2.24) is 0 Å². The summed E-state index contributed by atoms with van der Waals surface area (Å²) in [6.45, 7) is 5.93. The third-order valence-electron chi connectivity index (χ3n) is 4.54. The number of benzene rings is 2. The van der Waals surface area contributed by atoms with Gasteiger partial charge in [-0.3, -0.25) is 0 Å². The largest absolute Gasteiger partial charge is 0.479 e. The van der Waals surface area contributed by atoms with Crippen molar-refractivity contribution >= 4 is 11.7 Å². The van der Waals surface area contributed by atoms with Gasteiger partial charge >= 0.3 is 5.97 Å². The van der Waals surface area contributed by atoms with Crippen LogP contribution in [0.3, 0.4) is 0 Å². The van der Waals surface area contributed by atoms with E-state index in [1.807, 2.05) is 12.1 Å². The molecule has 0 bridgehead atoms. The highest BCUT2D eigenvalue weighted by molar-refractivity contribution is 5.84. The second-order valence-electron chi connectivity index (χ2n) is 6.78. The van der Waals surface area contributed by atoms with Crippen molar-refractivity contribution in [3.8, 4) is 6.07 Å². The number of carbonyl (C=O) groups is 1. The number of aryl methyl sites for hydroxylation is 2. The third-order valence-corrected chi connectivity index (χ3v) is 4.54. The van der Waals surface area contributed by atoms with Crippen molar-refractivity contribution in [2.24, 2.45) is 0 Å². The molecule has 4 heteroatoms. The Morgan fingerprint density at radius 1 is 1.08 bits per heavy atom. The summed E-state index contributed by atoms with van der Waals surface area (Å²) in [5.41, 5.74) is 3.06. The van der Waals surface area contributed by atoms with Gasteiger partial charge in [-0.1, -0.05) is 44.9 Å². The molecule has 0 heterocycles. The molecule has 2 aromatic carbocycles. The number of nitrogens with one attached hydrogen (secondary N) is 1. The molecule has 0 aliphatic heterocycles. The van der Waals surface area contributed by atoms with E-state index in [-0.39, 0.29) is 0 Å². The lowest BCUT2D eigenvalue weighted by molar-refractivity contribution is -0.142. The van der Waals surface area contributed by atoms with Gasteiger partial charge in [0.25, 0.3) is 0 Å².